The SMILES string of the molecule is NNS(=O)(=O)c1ccc(C(=O)O)o1. The third-order valence-electron chi connectivity index (χ3n) is 1.21. The van der Waals surface area contributed by atoms with Crippen molar-refractivity contribution >= 4 is 16.0 Å². The summed E-state index contributed by atoms with van der Waals surface area (Å²) in [4.78, 5) is 11.8. The molecular formula is C5H6N2O5S. The highest BCUT2D eigenvalue weighted by Crippen LogP contribution is 2.12. The molecule has 0 saturated heterocycles. The number of carboxylic acids is 1. The maximum absolute atomic E-state index is 10.9. The van der Waals surface area contributed by atoms with Gasteiger partial charge in [0.25, 0.3) is 10.0 Å². The fourth-order valence-electron chi connectivity index (χ4n) is 0.638. The molecule has 72 valence electrons. The average molecular weight is 206 g/mol. The molecule has 0 radical (unpaired) electrons. The first kappa shape index (κ1) is 9.71. The van der Waals surface area contributed by atoms with Gasteiger partial charge in [-0.1, -0.05) is 0 Å². The van der Waals surface area contributed by atoms with Crippen LogP contribution < -0.4 is 10.7 Å². The lowest BCUT2D eigenvalue weighted by atomic mass is 10.5. The quantitative estimate of drug-likeness (QED) is 0.436. The predicted molar refractivity (Wildman–Crippen MR) is 40.2 cm³/mol. The van der Waals surface area contributed by atoms with Crippen LogP contribution in [-0.4, -0.2) is 19.5 Å². The number of carbonyl (C=O) groups is 1. The van der Waals surface area contributed by atoms with Gasteiger partial charge >= 0.3 is 5.97 Å². The molecule has 0 spiro atoms. The first-order valence-corrected chi connectivity index (χ1v) is 4.51. The fourth-order valence-corrected chi connectivity index (χ4v) is 1.20. The smallest absolute Gasteiger partial charge is 0.371 e. The number of rotatable bonds is 3. The molecule has 0 amide bonds. The lowest BCUT2D eigenvalue weighted by Crippen LogP contribution is -2.29. The maximum atomic E-state index is 10.9. The summed E-state index contributed by atoms with van der Waals surface area (Å²) in [6, 6.07) is 2.02. The molecule has 4 N–H and O–H groups in total. The molecule has 0 unspecified atom stereocenters. The molecule has 13 heavy (non-hydrogen) atoms. The largest absolute Gasteiger partial charge is 0.475 e. The van der Waals surface area contributed by atoms with Gasteiger partial charge in [-0.25, -0.2) is 13.2 Å². The molecule has 0 saturated carbocycles. The van der Waals surface area contributed by atoms with Crippen LogP contribution in [0.3, 0.4) is 0 Å². The molecule has 1 aromatic heterocycles. The Bertz CT molecular complexity index is 420. The average Bonchev–Trinajstić information content (AvgIpc) is 2.52. The number of hydrogen-bond acceptors (Lipinski definition) is 5. The number of carboxylic acid groups (broad SMARTS) is 1. The van der Waals surface area contributed by atoms with Gasteiger partial charge in [0.2, 0.25) is 10.9 Å². The summed E-state index contributed by atoms with van der Waals surface area (Å²) in [5, 5.41) is 7.86. The molecule has 1 aromatic rings. The second-order valence-electron chi connectivity index (χ2n) is 2.05. The van der Waals surface area contributed by atoms with Gasteiger partial charge in [-0.05, 0) is 12.1 Å². The minimum Gasteiger partial charge on any atom is -0.475 e. The third-order valence-corrected chi connectivity index (χ3v) is 2.27. The number of furan rings is 1. The van der Waals surface area contributed by atoms with Crippen LogP contribution in [0.15, 0.2) is 21.6 Å². The number of hydrogen-bond donors (Lipinski definition) is 3. The Morgan fingerprint density at radius 3 is 2.54 bits per heavy atom. The van der Waals surface area contributed by atoms with Crippen molar-refractivity contribution in [1.82, 2.24) is 4.83 Å². The molecule has 0 aromatic carbocycles. The zero-order valence-corrected chi connectivity index (χ0v) is 7.04. The van der Waals surface area contributed by atoms with Crippen LogP contribution in [0.2, 0.25) is 0 Å². The zero-order chi connectivity index (χ0) is 10.1. The first-order chi connectivity index (χ1) is 5.97. The number of nitrogens with two attached hydrogens (primary N) is 1. The van der Waals surface area contributed by atoms with E-state index < -0.39 is 26.8 Å². The molecule has 0 aliphatic carbocycles. The van der Waals surface area contributed by atoms with Crippen LogP contribution >= 0.6 is 0 Å². The molecule has 0 aliphatic rings. The van der Waals surface area contributed by atoms with Crippen LogP contribution in [0.5, 0.6) is 0 Å². The molecule has 8 heteroatoms. The van der Waals surface area contributed by atoms with Crippen molar-refractivity contribution in [2.24, 2.45) is 5.84 Å². The van der Waals surface area contributed by atoms with E-state index in [2.05, 4.69) is 10.3 Å². The van der Waals surface area contributed by atoms with Gasteiger partial charge in [0.15, 0.2) is 0 Å². The molecule has 1 heterocycles. The highest BCUT2D eigenvalue weighted by Gasteiger charge is 2.18. The van der Waals surface area contributed by atoms with E-state index in [1.807, 2.05) is 0 Å². The molecule has 0 fully saturated rings. The minimum absolute atomic E-state index is 0.464. The second kappa shape index (κ2) is 3.17. The Morgan fingerprint density at radius 1 is 1.54 bits per heavy atom. The van der Waals surface area contributed by atoms with E-state index in [-0.39, 0.29) is 0 Å². The van der Waals surface area contributed by atoms with Crippen LogP contribution in [0.4, 0.5) is 0 Å². The van der Waals surface area contributed by atoms with Gasteiger partial charge in [-0.3, -0.25) is 5.84 Å². The molecular weight excluding hydrogens is 200 g/mol. The summed E-state index contributed by atoms with van der Waals surface area (Å²) >= 11 is 0. The Labute approximate surface area is 73.2 Å². The third kappa shape index (κ3) is 1.86. The number of nitrogens with one attached hydrogen (secondary N) is 1. The maximum Gasteiger partial charge on any atom is 0.371 e. The van der Waals surface area contributed by atoms with E-state index in [1.54, 1.807) is 0 Å². The van der Waals surface area contributed by atoms with E-state index in [0.29, 0.717) is 0 Å². The second-order valence-corrected chi connectivity index (χ2v) is 3.69. The lowest BCUT2D eigenvalue weighted by molar-refractivity contribution is 0.0656. The highest BCUT2D eigenvalue weighted by molar-refractivity contribution is 7.89. The lowest BCUT2D eigenvalue weighted by Gasteiger charge is -1.95. The standard InChI is InChI=1S/C5H6N2O5S/c6-7-13(10,11)4-2-1-3(12-4)5(8)9/h1-2,7H,6H2,(H,8,9). The van der Waals surface area contributed by atoms with Crippen LogP contribution in [-0.2, 0) is 10.0 Å². The Balaban J connectivity index is 3.13. The molecule has 1 rings (SSSR count). The van der Waals surface area contributed by atoms with Crippen molar-refractivity contribution in [3.8, 4) is 0 Å². The predicted octanol–water partition coefficient (Wildman–Crippen LogP) is -0.870. The molecule has 0 bridgehead atoms. The van der Waals surface area contributed by atoms with Crippen molar-refractivity contribution in [1.29, 1.82) is 0 Å². The summed E-state index contributed by atoms with van der Waals surface area (Å²) in [5.41, 5.74) is 0. The minimum atomic E-state index is -3.91. The van der Waals surface area contributed by atoms with E-state index in [1.165, 1.54) is 4.83 Å². The summed E-state index contributed by atoms with van der Waals surface area (Å²) in [5.74, 6) is 2.87. The summed E-state index contributed by atoms with van der Waals surface area (Å²) < 4.78 is 26.3. The van der Waals surface area contributed by atoms with Gasteiger partial charge in [-0.15, -0.1) is 4.83 Å². The van der Waals surface area contributed by atoms with Crippen LogP contribution in [0.25, 0.3) is 0 Å². The van der Waals surface area contributed by atoms with Crippen LogP contribution in [0, 0.1) is 0 Å². The fraction of sp³-hybridized carbons (Fsp3) is 0. The van der Waals surface area contributed by atoms with Gasteiger partial charge in [0.05, 0.1) is 0 Å². The topological polar surface area (TPSA) is 123 Å². The summed E-state index contributed by atoms with van der Waals surface area (Å²) in [7, 11) is -3.91. The molecule has 0 atom stereocenters. The van der Waals surface area contributed by atoms with Crippen molar-refractivity contribution in [3.05, 3.63) is 17.9 Å². The normalized spacial score (nSPS) is 11.5. The molecule has 0 aliphatic heterocycles. The monoisotopic (exact) mass is 206 g/mol. The van der Waals surface area contributed by atoms with Gasteiger partial charge < -0.3 is 9.52 Å². The van der Waals surface area contributed by atoms with Crippen molar-refractivity contribution in [2.45, 2.75) is 5.09 Å². The van der Waals surface area contributed by atoms with Crippen molar-refractivity contribution in [3.63, 3.8) is 0 Å². The van der Waals surface area contributed by atoms with E-state index in [9.17, 15) is 13.2 Å². The number of aromatic carboxylic acids is 1. The Morgan fingerprint density at radius 2 is 2.15 bits per heavy atom. The van der Waals surface area contributed by atoms with Crippen molar-refractivity contribution in [2.75, 3.05) is 0 Å². The Hall–Kier alpha value is -1.38. The van der Waals surface area contributed by atoms with Gasteiger partial charge in [0.1, 0.15) is 0 Å². The summed E-state index contributed by atoms with van der Waals surface area (Å²) in [6.07, 6.45) is 0. The zero-order valence-electron chi connectivity index (χ0n) is 6.22. The van der Waals surface area contributed by atoms with Crippen molar-refractivity contribution < 1.29 is 22.7 Å². The van der Waals surface area contributed by atoms with E-state index in [4.69, 9.17) is 5.11 Å². The number of hydrazine groups is 1. The van der Waals surface area contributed by atoms with E-state index >= 15 is 0 Å². The number of sulfonamides is 1. The first-order valence-electron chi connectivity index (χ1n) is 3.03. The highest BCUT2D eigenvalue weighted by atomic mass is 32.2. The van der Waals surface area contributed by atoms with E-state index in [0.717, 1.165) is 12.1 Å². The van der Waals surface area contributed by atoms with Gasteiger partial charge in [-0.2, -0.15) is 0 Å². The van der Waals surface area contributed by atoms with Gasteiger partial charge in [0, 0.05) is 0 Å². The summed E-state index contributed by atoms with van der Waals surface area (Å²) in [6.45, 7) is 0. The Kier molecular flexibility index (Phi) is 2.36. The van der Waals surface area contributed by atoms with Crippen LogP contribution in [0.1, 0.15) is 10.6 Å². The molecule has 7 nitrogen and oxygen atoms in total.